The number of amides is 1. The molecular weight excluding hydrogens is 456 g/mol. The predicted octanol–water partition coefficient (Wildman–Crippen LogP) is 6.22. The number of thioether (sulfide) groups is 1. The van der Waals surface area contributed by atoms with Gasteiger partial charge in [0, 0.05) is 26.2 Å². The fraction of sp³-hybridized carbons (Fsp3) is 0.179. The smallest absolute Gasteiger partial charge is 0.311 e. The number of carbonyl (C=O) groups is 1. The van der Waals surface area contributed by atoms with E-state index in [9.17, 15) is 4.79 Å². The molecule has 2 aliphatic rings. The predicted molar refractivity (Wildman–Crippen MR) is 144 cm³/mol. The molecule has 7 heteroatoms. The number of rotatable bonds is 5. The zero-order valence-electron chi connectivity index (χ0n) is 19.9. The van der Waals surface area contributed by atoms with Crippen molar-refractivity contribution in [2.24, 2.45) is 10.1 Å². The van der Waals surface area contributed by atoms with Gasteiger partial charge in [0.15, 0.2) is 5.84 Å². The number of amidine groups is 1. The van der Waals surface area contributed by atoms with E-state index in [1.807, 2.05) is 79.8 Å². The van der Waals surface area contributed by atoms with Crippen molar-refractivity contribution in [2.45, 2.75) is 12.5 Å². The number of ether oxygens (including phenoxy) is 1. The quantitative estimate of drug-likeness (QED) is 0.432. The van der Waals surface area contributed by atoms with Gasteiger partial charge < -0.3 is 9.64 Å². The lowest BCUT2D eigenvalue weighted by Gasteiger charge is -2.24. The summed E-state index contributed by atoms with van der Waals surface area (Å²) in [7, 11) is 5.71. The molecule has 0 aromatic heterocycles. The van der Waals surface area contributed by atoms with Crippen LogP contribution in [0.1, 0.15) is 29.2 Å². The molecule has 0 bridgehead atoms. The van der Waals surface area contributed by atoms with Crippen LogP contribution in [0.25, 0.3) is 6.08 Å². The number of benzene rings is 3. The number of methoxy groups -OCH3 is 1. The summed E-state index contributed by atoms with van der Waals surface area (Å²) in [6.07, 6.45) is 2.70. The Morgan fingerprint density at radius 1 is 1.00 bits per heavy atom. The fourth-order valence-corrected chi connectivity index (χ4v) is 4.93. The Bertz CT molecular complexity index is 1310. The van der Waals surface area contributed by atoms with E-state index in [-0.39, 0.29) is 11.3 Å². The van der Waals surface area contributed by atoms with E-state index in [4.69, 9.17) is 9.84 Å². The Hall–Kier alpha value is -3.84. The first-order chi connectivity index (χ1) is 17.0. The Morgan fingerprint density at radius 3 is 2.37 bits per heavy atom. The number of hydrazone groups is 1. The number of anilines is 1. The molecule has 35 heavy (non-hydrogen) atoms. The summed E-state index contributed by atoms with van der Waals surface area (Å²) in [4.78, 5) is 19.7. The summed E-state index contributed by atoms with van der Waals surface area (Å²) in [5.74, 6) is 1.39. The summed E-state index contributed by atoms with van der Waals surface area (Å²) in [6, 6.07) is 26.3. The Labute approximate surface area is 209 Å². The van der Waals surface area contributed by atoms with Gasteiger partial charge in [-0.25, -0.2) is 5.01 Å². The van der Waals surface area contributed by atoms with Crippen LogP contribution < -0.4 is 9.64 Å². The lowest BCUT2D eigenvalue weighted by Crippen LogP contribution is -2.26. The molecule has 2 heterocycles. The van der Waals surface area contributed by atoms with E-state index in [2.05, 4.69) is 34.2 Å². The van der Waals surface area contributed by atoms with Crippen LogP contribution in [0.15, 0.2) is 93.9 Å². The third kappa shape index (κ3) is 4.86. The maximum atomic E-state index is 12.4. The van der Waals surface area contributed by atoms with Crippen LogP contribution in [0.3, 0.4) is 0 Å². The van der Waals surface area contributed by atoms with Crippen LogP contribution in [0.2, 0.25) is 0 Å². The molecule has 5 rings (SSSR count). The second kappa shape index (κ2) is 9.80. The van der Waals surface area contributed by atoms with Gasteiger partial charge in [-0.3, -0.25) is 4.79 Å². The molecule has 6 nitrogen and oxygen atoms in total. The molecule has 0 saturated carbocycles. The molecular formula is C28H26N4O2S. The molecule has 1 atom stereocenters. The minimum atomic E-state index is -0.225. The highest BCUT2D eigenvalue weighted by molar-refractivity contribution is 8.18. The van der Waals surface area contributed by atoms with Crippen molar-refractivity contribution in [3.63, 3.8) is 0 Å². The van der Waals surface area contributed by atoms with Crippen LogP contribution in [0.5, 0.6) is 5.75 Å². The number of hydrogen-bond acceptors (Lipinski definition) is 6. The third-order valence-electron chi connectivity index (χ3n) is 6.06. The molecule has 0 aliphatic carbocycles. The van der Waals surface area contributed by atoms with Gasteiger partial charge in [-0.2, -0.15) is 10.1 Å². The molecule has 3 aromatic carbocycles. The maximum Gasteiger partial charge on any atom is 0.311 e. The number of nitrogens with zero attached hydrogens (tertiary/aromatic N) is 4. The number of hydrogen-bond donors (Lipinski definition) is 0. The Balaban J connectivity index is 1.55. The first-order valence-corrected chi connectivity index (χ1v) is 12.2. The second-order valence-corrected chi connectivity index (χ2v) is 9.54. The monoisotopic (exact) mass is 482 g/mol. The molecule has 1 unspecified atom stereocenters. The van der Waals surface area contributed by atoms with Crippen LogP contribution in [-0.2, 0) is 0 Å². The van der Waals surface area contributed by atoms with Crippen molar-refractivity contribution in [1.29, 1.82) is 0 Å². The SMILES string of the molecule is COc1ccc(C2=NN(C3=NC(=O)S/C3=C\c3ccccc3)C(c3ccc(N(C)C)cc3)C2)cc1. The molecule has 0 radical (unpaired) electrons. The minimum absolute atomic E-state index is 0.0762. The van der Waals surface area contributed by atoms with E-state index in [0.29, 0.717) is 12.3 Å². The van der Waals surface area contributed by atoms with Crippen molar-refractivity contribution >= 4 is 40.3 Å². The summed E-state index contributed by atoms with van der Waals surface area (Å²) in [5, 5.41) is 6.69. The van der Waals surface area contributed by atoms with Gasteiger partial charge in [0.25, 0.3) is 0 Å². The zero-order chi connectivity index (χ0) is 24.4. The highest BCUT2D eigenvalue weighted by atomic mass is 32.2. The van der Waals surface area contributed by atoms with Crippen molar-refractivity contribution in [1.82, 2.24) is 5.01 Å². The standard InChI is InChI=1S/C28H26N4O2S/c1-31(2)22-13-9-21(10-14-22)25-18-24(20-11-15-23(34-3)16-12-20)30-32(25)27-26(35-28(33)29-27)17-19-7-5-4-6-8-19/h4-17,25H,18H2,1-3H3/b26-17-. The molecule has 1 amide bonds. The summed E-state index contributed by atoms with van der Waals surface area (Å²) in [6.45, 7) is 0. The van der Waals surface area contributed by atoms with E-state index >= 15 is 0 Å². The highest BCUT2D eigenvalue weighted by Crippen LogP contribution is 2.40. The van der Waals surface area contributed by atoms with Gasteiger partial charge in [0.2, 0.25) is 0 Å². The van der Waals surface area contributed by atoms with E-state index in [1.165, 1.54) is 0 Å². The number of aliphatic imine (C=N–C) groups is 1. The first-order valence-electron chi connectivity index (χ1n) is 11.4. The van der Waals surface area contributed by atoms with Crippen molar-refractivity contribution in [2.75, 3.05) is 26.1 Å². The average molecular weight is 483 g/mol. The molecule has 0 N–H and O–H groups in total. The average Bonchev–Trinajstić information content (AvgIpc) is 3.48. The molecule has 176 valence electrons. The van der Waals surface area contributed by atoms with Gasteiger partial charge in [-0.1, -0.05) is 42.5 Å². The maximum absolute atomic E-state index is 12.4. The van der Waals surface area contributed by atoms with Gasteiger partial charge >= 0.3 is 5.24 Å². The normalized spacial score (nSPS) is 18.6. The zero-order valence-corrected chi connectivity index (χ0v) is 20.7. The van der Waals surface area contributed by atoms with E-state index in [1.54, 1.807) is 7.11 Å². The summed E-state index contributed by atoms with van der Waals surface area (Å²) >= 11 is 1.15. The lowest BCUT2D eigenvalue weighted by molar-refractivity contribution is 0.267. The van der Waals surface area contributed by atoms with Crippen LogP contribution >= 0.6 is 11.8 Å². The van der Waals surface area contributed by atoms with Gasteiger partial charge in [-0.15, -0.1) is 0 Å². The van der Waals surface area contributed by atoms with Crippen molar-refractivity contribution in [3.05, 3.63) is 100 Å². The fourth-order valence-electron chi connectivity index (χ4n) is 4.18. The summed E-state index contributed by atoms with van der Waals surface area (Å²) < 4.78 is 5.32. The Kier molecular flexibility index (Phi) is 6.42. The van der Waals surface area contributed by atoms with E-state index < -0.39 is 0 Å². The van der Waals surface area contributed by atoms with Gasteiger partial charge in [0.05, 0.1) is 23.8 Å². The topological polar surface area (TPSA) is 57.5 Å². The molecule has 0 fully saturated rings. The van der Waals surface area contributed by atoms with E-state index in [0.717, 1.165) is 50.5 Å². The second-order valence-electron chi connectivity index (χ2n) is 8.55. The third-order valence-corrected chi connectivity index (χ3v) is 6.84. The molecule has 0 saturated heterocycles. The molecule has 0 spiro atoms. The van der Waals surface area contributed by atoms with Crippen LogP contribution in [-0.4, -0.2) is 43.0 Å². The minimum Gasteiger partial charge on any atom is -0.497 e. The largest absolute Gasteiger partial charge is 0.497 e. The lowest BCUT2D eigenvalue weighted by atomic mass is 9.98. The summed E-state index contributed by atoms with van der Waals surface area (Å²) in [5.41, 5.74) is 5.23. The molecule has 2 aliphatic heterocycles. The van der Waals surface area contributed by atoms with Crippen LogP contribution in [0.4, 0.5) is 10.5 Å². The van der Waals surface area contributed by atoms with Gasteiger partial charge in [-0.05, 0) is 70.9 Å². The first kappa shape index (κ1) is 22.9. The number of carbonyl (C=O) groups excluding carboxylic acids is 1. The van der Waals surface area contributed by atoms with Gasteiger partial charge in [0.1, 0.15) is 5.75 Å². The van der Waals surface area contributed by atoms with Crippen LogP contribution in [0, 0.1) is 0 Å². The highest BCUT2D eigenvalue weighted by Gasteiger charge is 2.36. The van der Waals surface area contributed by atoms with Crippen molar-refractivity contribution in [3.8, 4) is 5.75 Å². The molecule has 3 aromatic rings. The Morgan fingerprint density at radius 2 is 1.71 bits per heavy atom. The van der Waals surface area contributed by atoms with Crippen molar-refractivity contribution < 1.29 is 9.53 Å².